The van der Waals surface area contributed by atoms with Crippen molar-refractivity contribution in [3.63, 3.8) is 0 Å². The summed E-state index contributed by atoms with van der Waals surface area (Å²) < 4.78 is 11.0. The molecule has 0 saturated heterocycles. The van der Waals surface area contributed by atoms with E-state index in [0.717, 1.165) is 13.0 Å². The lowest BCUT2D eigenvalue weighted by atomic mass is 10.2. The molecule has 0 bridgehead atoms. The molecule has 0 saturated carbocycles. The third-order valence-corrected chi connectivity index (χ3v) is 3.47. The van der Waals surface area contributed by atoms with Crippen molar-refractivity contribution < 1.29 is 9.00 Å². The van der Waals surface area contributed by atoms with Crippen LogP contribution in [0.1, 0.15) is 37.2 Å². The highest BCUT2D eigenvalue weighted by Crippen LogP contribution is 2.02. The van der Waals surface area contributed by atoms with E-state index in [2.05, 4.69) is 27.5 Å². The van der Waals surface area contributed by atoms with Gasteiger partial charge in [-0.3, -0.25) is 9.00 Å². The lowest BCUT2D eigenvalue weighted by molar-refractivity contribution is 0.0934. The first-order valence-electron chi connectivity index (χ1n) is 6.69. The minimum absolute atomic E-state index is 0.0360. The lowest BCUT2D eigenvalue weighted by Crippen LogP contribution is -2.34. The quantitative estimate of drug-likeness (QED) is 0.753. The van der Waals surface area contributed by atoms with Gasteiger partial charge in [0.1, 0.15) is 11.5 Å². The molecule has 2 atom stereocenters. The maximum absolute atomic E-state index is 11.9. The van der Waals surface area contributed by atoms with E-state index in [1.54, 1.807) is 12.5 Å². The van der Waals surface area contributed by atoms with Gasteiger partial charge in [0, 0.05) is 35.4 Å². The number of carbonyl (C=O) groups excluding carboxylic acids is 1. The second-order valence-corrected chi connectivity index (χ2v) is 6.21. The van der Waals surface area contributed by atoms with Crippen LogP contribution in [0.2, 0.25) is 0 Å². The molecule has 1 aromatic heterocycles. The Morgan fingerprint density at radius 1 is 1.40 bits per heavy atom. The Bertz CT molecular complexity index is 450. The fourth-order valence-corrected chi connectivity index (χ4v) is 2.19. The Labute approximate surface area is 122 Å². The first-order chi connectivity index (χ1) is 9.52. The van der Waals surface area contributed by atoms with E-state index in [4.69, 9.17) is 0 Å². The molecule has 0 spiro atoms. The fourth-order valence-electron chi connectivity index (χ4n) is 1.50. The molecule has 1 aromatic rings. The summed E-state index contributed by atoms with van der Waals surface area (Å²) >= 11 is 0. The number of nitrogens with one attached hydrogen (secondary N) is 2. The number of aromatic nitrogens is 2. The van der Waals surface area contributed by atoms with Crippen molar-refractivity contribution in [2.24, 2.45) is 0 Å². The van der Waals surface area contributed by atoms with E-state index >= 15 is 0 Å². The van der Waals surface area contributed by atoms with E-state index in [-0.39, 0.29) is 17.6 Å². The van der Waals surface area contributed by atoms with Gasteiger partial charge < -0.3 is 10.6 Å². The van der Waals surface area contributed by atoms with Gasteiger partial charge in [-0.2, -0.15) is 0 Å². The zero-order valence-corrected chi connectivity index (χ0v) is 13.0. The smallest absolute Gasteiger partial charge is 0.271 e. The van der Waals surface area contributed by atoms with Crippen molar-refractivity contribution in [3.8, 4) is 0 Å². The van der Waals surface area contributed by atoms with Crippen molar-refractivity contribution in [3.05, 3.63) is 18.1 Å². The molecular formula is C13H22N4O2S. The Morgan fingerprint density at radius 3 is 2.70 bits per heavy atom. The zero-order chi connectivity index (χ0) is 15.0. The van der Waals surface area contributed by atoms with Crippen LogP contribution in [0.5, 0.6) is 0 Å². The molecule has 7 heteroatoms. The Morgan fingerprint density at radius 2 is 2.15 bits per heavy atom. The summed E-state index contributed by atoms with van der Waals surface area (Å²) in [6.45, 7) is 4.77. The Kier molecular flexibility index (Phi) is 7.14. The molecule has 1 heterocycles. The lowest BCUT2D eigenvalue weighted by Gasteiger charge is -2.12. The van der Waals surface area contributed by atoms with Crippen LogP contribution in [0.3, 0.4) is 0 Å². The first kappa shape index (κ1) is 16.6. The number of nitrogens with zero attached hydrogens (tertiary/aromatic N) is 2. The molecule has 0 aliphatic heterocycles. The summed E-state index contributed by atoms with van der Waals surface area (Å²) in [5.41, 5.74) is 0.288. The number of anilines is 1. The fraction of sp³-hybridized carbons (Fsp3) is 0.615. The Hall–Kier alpha value is -1.50. The predicted octanol–water partition coefficient (Wildman–Crippen LogP) is 1.19. The van der Waals surface area contributed by atoms with Gasteiger partial charge in [-0.15, -0.1) is 0 Å². The van der Waals surface area contributed by atoms with Crippen molar-refractivity contribution in [1.29, 1.82) is 0 Å². The third-order valence-electron chi connectivity index (χ3n) is 2.66. The molecule has 0 radical (unpaired) electrons. The molecule has 112 valence electrons. The largest absolute Gasteiger partial charge is 0.369 e. The van der Waals surface area contributed by atoms with Crippen molar-refractivity contribution in [2.75, 3.05) is 23.9 Å². The second-order valence-electron chi connectivity index (χ2n) is 4.65. The summed E-state index contributed by atoms with van der Waals surface area (Å²) in [7, 11) is -0.839. The highest BCUT2D eigenvalue weighted by atomic mass is 32.2. The highest BCUT2D eigenvalue weighted by molar-refractivity contribution is 7.84. The van der Waals surface area contributed by atoms with Crippen LogP contribution in [0.4, 0.5) is 5.82 Å². The van der Waals surface area contributed by atoms with Crippen LogP contribution in [-0.2, 0) is 10.8 Å². The Balaban J connectivity index is 2.48. The first-order valence-corrected chi connectivity index (χ1v) is 8.42. The van der Waals surface area contributed by atoms with Crippen LogP contribution < -0.4 is 10.6 Å². The van der Waals surface area contributed by atoms with Crippen molar-refractivity contribution in [1.82, 2.24) is 15.3 Å². The molecule has 0 aliphatic carbocycles. The molecular weight excluding hydrogens is 276 g/mol. The number of hydrogen-bond donors (Lipinski definition) is 2. The van der Waals surface area contributed by atoms with Gasteiger partial charge in [-0.1, -0.05) is 6.92 Å². The molecule has 2 unspecified atom stereocenters. The van der Waals surface area contributed by atoms with E-state index in [9.17, 15) is 9.00 Å². The molecule has 20 heavy (non-hydrogen) atoms. The molecule has 2 N–H and O–H groups in total. The van der Waals surface area contributed by atoms with Crippen molar-refractivity contribution in [2.45, 2.75) is 32.7 Å². The summed E-state index contributed by atoms with van der Waals surface area (Å²) in [4.78, 5) is 20.1. The number of carbonyl (C=O) groups is 1. The maximum Gasteiger partial charge on any atom is 0.271 e. The number of amides is 1. The van der Waals surface area contributed by atoms with Crippen molar-refractivity contribution >= 4 is 22.5 Å². The average molecular weight is 298 g/mol. The SMILES string of the molecule is CCCNc1cnc(C(=O)NC(C)CCS(C)=O)cn1. The van der Waals surface area contributed by atoms with Gasteiger partial charge in [0.15, 0.2) is 0 Å². The highest BCUT2D eigenvalue weighted by Gasteiger charge is 2.11. The second kappa shape index (κ2) is 8.63. The van der Waals surface area contributed by atoms with E-state index in [0.29, 0.717) is 18.0 Å². The van der Waals surface area contributed by atoms with Crippen LogP contribution in [-0.4, -0.2) is 44.7 Å². The summed E-state index contributed by atoms with van der Waals surface area (Å²) in [6.07, 6.45) is 6.34. The minimum atomic E-state index is -0.839. The summed E-state index contributed by atoms with van der Waals surface area (Å²) in [5, 5.41) is 5.91. The van der Waals surface area contributed by atoms with Gasteiger partial charge in [-0.25, -0.2) is 9.97 Å². The minimum Gasteiger partial charge on any atom is -0.369 e. The van der Waals surface area contributed by atoms with Gasteiger partial charge in [-0.05, 0) is 19.8 Å². The number of rotatable bonds is 8. The summed E-state index contributed by atoms with van der Waals surface area (Å²) in [6, 6.07) is -0.0360. The average Bonchev–Trinajstić information content (AvgIpc) is 2.43. The molecule has 0 aliphatic rings. The van der Waals surface area contributed by atoms with Crippen LogP contribution in [0.25, 0.3) is 0 Å². The van der Waals surface area contributed by atoms with E-state index < -0.39 is 10.8 Å². The van der Waals surface area contributed by atoms with Gasteiger partial charge >= 0.3 is 0 Å². The van der Waals surface area contributed by atoms with Gasteiger partial charge in [0.05, 0.1) is 12.4 Å². The molecule has 1 amide bonds. The van der Waals surface area contributed by atoms with Crippen LogP contribution >= 0.6 is 0 Å². The maximum atomic E-state index is 11.9. The van der Waals surface area contributed by atoms with Crippen LogP contribution in [0, 0.1) is 0 Å². The topological polar surface area (TPSA) is 84.0 Å². The standard InChI is InChI=1S/C13H22N4O2S/c1-4-6-14-12-9-15-11(8-16-12)13(18)17-10(2)5-7-20(3)19/h8-10H,4-7H2,1-3H3,(H,14,16)(H,17,18). The summed E-state index contributed by atoms with van der Waals surface area (Å²) in [5.74, 6) is 0.985. The monoisotopic (exact) mass is 298 g/mol. The molecule has 0 fully saturated rings. The van der Waals surface area contributed by atoms with Gasteiger partial charge in [0.2, 0.25) is 0 Å². The normalized spacial score (nSPS) is 13.6. The third kappa shape index (κ3) is 6.10. The van der Waals surface area contributed by atoms with E-state index in [1.807, 2.05) is 6.92 Å². The van der Waals surface area contributed by atoms with Gasteiger partial charge in [0.25, 0.3) is 5.91 Å². The molecule has 1 rings (SSSR count). The molecule has 0 aromatic carbocycles. The predicted molar refractivity (Wildman–Crippen MR) is 81.3 cm³/mol. The molecule has 6 nitrogen and oxygen atoms in total. The number of hydrogen-bond acceptors (Lipinski definition) is 5. The van der Waals surface area contributed by atoms with Crippen LogP contribution in [0.15, 0.2) is 12.4 Å². The van der Waals surface area contributed by atoms with E-state index in [1.165, 1.54) is 6.20 Å². The zero-order valence-electron chi connectivity index (χ0n) is 12.2.